The predicted octanol–water partition coefficient (Wildman–Crippen LogP) is 4.88. The van der Waals surface area contributed by atoms with Gasteiger partial charge in [-0.3, -0.25) is 19.4 Å². The minimum Gasteiger partial charge on any atom is -0.496 e. The summed E-state index contributed by atoms with van der Waals surface area (Å²) in [6.45, 7) is 9.91. The fraction of sp³-hybridized carbons (Fsp3) is 0.596. The lowest BCUT2D eigenvalue weighted by Gasteiger charge is -2.65. The van der Waals surface area contributed by atoms with Crippen LogP contribution in [0.15, 0.2) is 48.0 Å². The Morgan fingerprint density at radius 3 is 2.47 bits per heavy atom. The number of rotatable bonds is 7. The smallest absolute Gasteiger partial charge is 0.344 e. The molecule has 3 aromatic rings. The molecule has 2 aromatic carbocycles. The van der Waals surface area contributed by atoms with E-state index in [0.29, 0.717) is 36.5 Å². The van der Waals surface area contributed by atoms with Crippen LogP contribution >= 0.6 is 0 Å². The zero-order valence-electron chi connectivity index (χ0n) is 35.4. The minimum atomic E-state index is -2.22. The molecule has 1 spiro atoms. The van der Waals surface area contributed by atoms with Gasteiger partial charge >= 0.3 is 17.9 Å². The fourth-order valence-electron chi connectivity index (χ4n) is 14.4. The fourth-order valence-corrected chi connectivity index (χ4v) is 14.4. The Hall–Kier alpha value is -4.39. The monoisotopic (exact) mass is 806 g/mol. The Labute approximate surface area is 346 Å². The van der Waals surface area contributed by atoms with Gasteiger partial charge in [0.25, 0.3) is 0 Å². The van der Waals surface area contributed by atoms with E-state index >= 15 is 4.79 Å². The summed E-state index contributed by atoms with van der Waals surface area (Å²) in [5.41, 5.74) is 1.61. The van der Waals surface area contributed by atoms with Crippen LogP contribution in [0, 0.1) is 23.2 Å². The normalized spacial score (nSPS) is 37.7. The average molecular weight is 807 g/mol. The number of aromatic nitrogens is 1. The molecule has 5 aliphatic heterocycles. The number of aromatic amines is 1. The second-order valence-electron chi connectivity index (χ2n) is 18.7. The van der Waals surface area contributed by atoms with E-state index in [-0.39, 0.29) is 23.8 Å². The second kappa shape index (κ2) is 13.3. The van der Waals surface area contributed by atoms with Crippen LogP contribution in [0.4, 0.5) is 5.69 Å². The van der Waals surface area contributed by atoms with E-state index in [2.05, 4.69) is 59.0 Å². The number of nitrogens with zero attached hydrogens (tertiary/aromatic N) is 3. The van der Waals surface area contributed by atoms with E-state index in [1.807, 2.05) is 24.1 Å². The maximum Gasteiger partial charge on any atom is 0.344 e. The van der Waals surface area contributed by atoms with Crippen molar-refractivity contribution in [2.24, 2.45) is 23.2 Å². The zero-order chi connectivity index (χ0) is 41.4. The number of anilines is 1. The lowest BCUT2D eigenvalue weighted by Crippen LogP contribution is -2.82. The number of para-hydroxylation sites is 1. The first-order valence-corrected chi connectivity index (χ1v) is 21.7. The van der Waals surface area contributed by atoms with Crippen LogP contribution in [0.5, 0.6) is 5.75 Å². The van der Waals surface area contributed by atoms with E-state index in [1.54, 1.807) is 7.11 Å². The third-order valence-corrected chi connectivity index (χ3v) is 16.4. The molecule has 12 nitrogen and oxygen atoms in total. The Morgan fingerprint density at radius 1 is 0.983 bits per heavy atom. The molecule has 6 heterocycles. The predicted molar refractivity (Wildman–Crippen MR) is 221 cm³/mol. The summed E-state index contributed by atoms with van der Waals surface area (Å²) in [6, 6.07) is 11.5. The van der Waals surface area contributed by atoms with E-state index in [4.69, 9.17) is 18.9 Å². The van der Waals surface area contributed by atoms with E-state index in [9.17, 15) is 14.7 Å². The summed E-state index contributed by atoms with van der Waals surface area (Å²) < 4.78 is 24.3. The van der Waals surface area contributed by atoms with Gasteiger partial charge in [0.15, 0.2) is 6.10 Å². The number of fused-ring (bicyclic) bond motifs is 8. The van der Waals surface area contributed by atoms with Crippen molar-refractivity contribution in [3.8, 4) is 5.75 Å². The van der Waals surface area contributed by atoms with Gasteiger partial charge in [0, 0.05) is 90.9 Å². The number of likely N-dealkylation sites (N-methyl/N-ethyl adjacent to an activating group) is 1. The number of piperidine rings is 1. The summed E-state index contributed by atoms with van der Waals surface area (Å²) >= 11 is 0. The maximum absolute atomic E-state index is 15.3. The topological polar surface area (TPSA) is 134 Å². The highest BCUT2D eigenvalue weighted by Crippen LogP contribution is 2.74. The molecule has 2 bridgehead atoms. The highest BCUT2D eigenvalue weighted by atomic mass is 16.6. The van der Waals surface area contributed by atoms with Crippen LogP contribution in [-0.4, -0.2) is 123 Å². The molecule has 59 heavy (non-hydrogen) atoms. The van der Waals surface area contributed by atoms with Crippen LogP contribution in [0.25, 0.3) is 10.9 Å². The number of hydrogen-bond donors (Lipinski definition) is 2. The molecular formula is C47H58N4O8. The van der Waals surface area contributed by atoms with Gasteiger partial charge in [-0.15, -0.1) is 0 Å². The first-order chi connectivity index (χ1) is 28.4. The van der Waals surface area contributed by atoms with Crippen molar-refractivity contribution < 1.29 is 38.4 Å². The quantitative estimate of drug-likeness (QED) is 0.193. The van der Waals surface area contributed by atoms with Crippen molar-refractivity contribution in [1.82, 2.24) is 14.8 Å². The maximum atomic E-state index is 15.3. The standard InChI is InChI=1S/C47H58N4O8/c1-8-27-18-28-22-46(42(53)57-6,38-31(14-16-50(23-27)24-28)30-12-10-11-13-35(30)48-38)34-20-33-36(21-37(34)56-5)49(4)40-45(33)15-17-51-25-29-19-32(29)44(9-2,39(45)51)41(59-26(3)52)47(40,55)43(54)58-7/h10-13,18,20-21,28-29,32,39-41,48,55H,8-9,14-17,19,22-25H2,1-7H3/t28-,29-,32-,39+,40-,41-,44-,45-,46+,47+/m1/s1. The average Bonchev–Trinajstić information content (AvgIpc) is 3.69. The second-order valence-corrected chi connectivity index (χ2v) is 18.7. The number of hydrogen-bond acceptors (Lipinski definition) is 11. The van der Waals surface area contributed by atoms with E-state index in [1.165, 1.54) is 26.7 Å². The van der Waals surface area contributed by atoms with E-state index in [0.717, 1.165) is 85.4 Å². The zero-order valence-corrected chi connectivity index (χ0v) is 35.4. The highest BCUT2D eigenvalue weighted by Gasteiger charge is 2.84. The van der Waals surface area contributed by atoms with Crippen molar-refractivity contribution in [2.45, 2.75) is 93.9 Å². The van der Waals surface area contributed by atoms with Gasteiger partial charge < -0.3 is 33.9 Å². The molecule has 2 aliphatic carbocycles. The van der Waals surface area contributed by atoms with Gasteiger partial charge in [-0.25, -0.2) is 4.79 Å². The Morgan fingerprint density at radius 2 is 1.76 bits per heavy atom. The van der Waals surface area contributed by atoms with Crippen molar-refractivity contribution in [3.05, 3.63) is 70.4 Å². The molecule has 7 aliphatic rings. The Kier molecular flexibility index (Phi) is 8.75. The molecule has 1 unspecified atom stereocenters. The van der Waals surface area contributed by atoms with Crippen molar-refractivity contribution in [2.75, 3.05) is 66.0 Å². The van der Waals surface area contributed by atoms with Crippen molar-refractivity contribution >= 4 is 34.5 Å². The molecular weight excluding hydrogens is 749 g/mol. The van der Waals surface area contributed by atoms with Crippen LogP contribution in [0.1, 0.15) is 75.3 Å². The lowest BCUT2D eigenvalue weighted by atomic mass is 9.46. The highest BCUT2D eigenvalue weighted by molar-refractivity contribution is 5.95. The molecule has 0 radical (unpaired) electrons. The summed E-state index contributed by atoms with van der Waals surface area (Å²) in [4.78, 5) is 53.9. The Balaban J connectivity index is 1.29. The van der Waals surface area contributed by atoms with Crippen molar-refractivity contribution in [3.63, 3.8) is 0 Å². The number of nitrogens with one attached hydrogen (secondary N) is 1. The van der Waals surface area contributed by atoms with Gasteiger partial charge in [0.2, 0.25) is 5.60 Å². The van der Waals surface area contributed by atoms with Gasteiger partial charge in [-0.2, -0.15) is 0 Å². The molecule has 314 valence electrons. The summed E-state index contributed by atoms with van der Waals surface area (Å²) in [5.74, 6) is -0.635. The molecule has 12 heteroatoms. The first kappa shape index (κ1) is 38.8. The molecule has 1 aromatic heterocycles. The SMILES string of the molecule is CCC1=C[C@H]2CN(CCc3c([nH]c4ccccc34)[C@@](C(=O)OC)(c3cc4c(cc3OC)N(C)[C@H]3[C@@](O)(C(=O)OC)[C@H](OC(C)=O)[C@]5(CC)[C@@H]6C[C@@H]6CN6CC[C@]43[C@@H]65)C2)C1. The molecule has 2 N–H and O–H groups in total. The summed E-state index contributed by atoms with van der Waals surface area (Å²) in [7, 11) is 6.34. The summed E-state index contributed by atoms with van der Waals surface area (Å²) in [5, 5.41) is 14.6. The van der Waals surface area contributed by atoms with Crippen LogP contribution in [0.3, 0.4) is 0 Å². The summed E-state index contributed by atoms with van der Waals surface area (Å²) in [6.07, 6.45) is 5.55. The van der Waals surface area contributed by atoms with Gasteiger partial charge in [-0.1, -0.05) is 43.7 Å². The number of H-pyrrole nitrogens is 1. The van der Waals surface area contributed by atoms with E-state index < -0.39 is 45.9 Å². The largest absolute Gasteiger partial charge is 0.496 e. The van der Waals surface area contributed by atoms with Crippen LogP contribution in [-0.2, 0) is 45.8 Å². The molecule has 10 rings (SSSR count). The molecule has 2 saturated heterocycles. The minimum absolute atomic E-state index is 0.0325. The Bertz CT molecular complexity index is 2310. The van der Waals surface area contributed by atoms with Crippen LogP contribution < -0.4 is 9.64 Å². The molecule has 2 saturated carbocycles. The van der Waals surface area contributed by atoms with Crippen molar-refractivity contribution in [1.29, 1.82) is 0 Å². The molecule has 0 amide bonds. The first-order valence-electron chi connectivity index (χ1n) is 21.7. The number of carbonyl (C=O) groups is 3. The molecule has 11 atom stereocenters. The number of ether oxygens (including phenoxy) is 4. The number of carbonyl (C=O) groups excluding carboxylic acids is 3. The third kappa shape index (κ3) is 4.85. The number of benzene rings is 2. The number of aliphatic hydroxyl groups is 1. The molecule has 4 fully saturated rings. The number of esters is 3. The third-order valence-electron chi connectivity index (χ3n) is 16.4. The van der Waals surface area contributed by atoms with Crippen LogP contribution in [0.2, 0.25) is 0 Å². The number of methoxy groups -OCH3 is 3. The van der Waals surface area contributed by atoms with Gasteiger partial charge in [0.1, 0.15) is 11.2 Å². The lowest BCUT2D eigenvalue weighted by molar-refractivity contribution is -0.245. The van der Waals surface area contributed by atoms with Gasteiger partial charge in [0.05, 0.1) is 27.4 Å². The van der Waals surface area contributed by atoms with Gasteiger partial charge in [-0.05, 0) is 86.1 Å².